The van der Waals surface area contributed by atoms with Gasteiger partial charge in [0.15, 0.2) is 6.10 Å². The number of esters is 2. The highest BCUT2D eigenvalue weighted by Crippen LogP contribution is 2.19. The number of aliphatic hydroxyl groups excluding tert-OH is 1. The predicted octanol–water partition coefficient (Wildman–Crippen LogP) is 24.8. The SMILES string of the molecule is CC/C=C\C/C=C\C/C=C\C/C=C\C/C=C\C/C=C\C/C=C\CCCCCCCCCCCCCCCCCC(=O)OC(CO)COC(=O)CCCCCCCCCCCCCCCCCCCCCCCCCCCCCCCC. The van der Waals surface area contributed by atoms with Crippen molar-refractivity contribution in [2.45, 2.75) is 373 Å². The summed E-state index contributed by atoms with van der Waals surface area (Å²) >= 11 is 0. The second-order valence-corrected chi connectivity index (χ2v) is 23.9. The second kappa shape index (κ2) is 71.3. The summed E-state index contributed by atoms with van der Waals surface area (Å²) in [6, 6.07) is 0. The summed E-state index contributed by atoms with van der Waals surface area (Å²) in [6.45, 7) is 4.08. The molecule has 1 unspecified atom stereocenters. The van der Waals surface area contributed by atoms with E-state index in [4.69, 9.17) is 9.47 Å². The van der Waals surface area contributed by atoms with Crippen LogP contribution >= 0.6 is 0 Å². The fourth-order valence-electron chi connectivity index (χ4n) is 10.7. The summed E-state index contributed by atoms with van der Waals surface area (Å²) in [5.41, 5.74) is 0. The summed E-state index contributed by atoms with van der Waals surface area (Å²) in [4.78, 5) is 24.7. The smallest absolute Gasteiger partial charge is 0.306 e. The molecule has 0 radical (unpaired) electrons. The van der Waals surface area contributed by atoms with Crippen molar-refractivity contribution in [3.05, 3.63) is 85.1 Å². The van der Waals surface area contributed by atoms with Crippen molar-refractivity contribution in [1.82, 2.24) is 0 Å². The van der Waals surface area contributed by atoms with E-state index < -0.39 is 6.10 Å². The molecule has 0 spiro atoms. The molecule has 1 atom stereocenters. The molecule has 5 heteroatoms. The standard InChI is InChI=1S/C76H136O5/c1-3-5-7-9-11-13-15-17-19-21-23-25-27-29-31-33-35-36-37-38-39-40-41-43-45-47-49-51-53-55-57-59-61-63-65-67-69-71-76(79)81-74(72-77)73-80-75(78)70-68-66-64-62-60-58-56-54-52-50-48-46-44-42-34-32-30-28-26-24-22-20-18-16-14-12-10-8-6-4-2/h5,7,11,13,17,19,23,25,29,31,35-36,38-39,74,77H,3-4,6,8-10,12,14-16,18,20-22,24,26-28,30,32-34,37,40-73H2,1-2H3/b7-5-,13-11-,19-17-,25-23-,31-29-,36-35-,39-38-. The quantitative estimate of drug-likeness (QED) is 0.0373. The monoisotopic (exact) mass is 1130 g/mol. The van der Waals surface area contributed by atoms with Gasteiger partial charge in [-0.15, -0.1) is 0 Å². The number of carbonyl (C=O) groups is 2. The van der Waals surface area contributed by atoms with Crippen LogP contribution in [0.4, 0.5) is 0 Å². The number of aliphatic hydroxyl groups is 1. The van der Waals surface area contributed by atoms with Crippen molar-refractivity contribution in [2.24, 2.45) is 0 Å². The highest BCUT2D eigenvalue weighted by Gasteiger charge is 2.16. The van der Waals surface area contributed by atoms with Gasteiger partial charge in [-0.25, -0.2) is 0 Å². The predicted molar refractivity (Wildman–Crippen MR) is 357 cm³/mol. The van der Waals surface area contributed by atoms with Gasteiger partial charge in [-0.2, -0.15) is 0 Å². The Kier molecular flexibility index (Phi) is 68.8. The number of unbranched alkanes of at least 4 members (excludes halogenated alkanes) is 44. The van der Waals surface area contributed by atoms with Crippen molar-refractivity contribution >= 4 is 11.9 Å². The van der Waals surface area contributed by atoms with Crippen LogP contribution in [-0.2, 0) is 19.1 Å². The van der Waals surface area contributed by atoms with Crippen LogP contribution < -0.4 is 0 Å². The van der Waals surface area contributed by atoms with Crippen molar-refractivity contribution in [3.8, 4) is 0 Å². The van der Waals surface area contributed by atoms with Crippen LogP contribution in [-0.4, -0.2) is 36.4 Å². The third-order valence-electron chi connectivity index (χ3n) is 16.0. The van der Waals surface area contributed by atoms with Crippen molar-refractivity contribution < 1.29 is 24.2 Å². The average molecular weight is 1130 g/mol. The number of hydrogen-bond donors (Lipinski definition) is 1. The van der Waals surface area contributed by atoms with Gasteiger partial charge in [0.05, 0.1) is 6.61 Å². The Hall–Kier alpha value is -2.92. The Morgan fingerprint density at radius 2 is 0.531 bits per heavy atom. The largest absolute Gasteiger partial charge is 0.462 e. The van der Waals surface area contributed by atoms with Crippen molar-refractivity contribution in [2.75, 3.05) is 13.2 Å². The van der Waals surface area contributed by atoms with Gasteiger partial charge in [0.1, 0.15) is 6.61 Å². The van der Waals surface area contributed by atoms with E-state index in [0.717, 1.165) is 83.5 Å². The maximum atomic E-state index is 12.4. The van der Waals surface area contributed by atoms with Crippen LogP contribution in [0.15, 0.2) is 85.1 Å². The normalized spacial score (nSPS) is 12.7. The Morgan fingerprint density at radius 1 is 0.296 bits per heavy atom. The summed E-state index contributed by atoms with van der Waals surface area (Å²) in [7, 11) is 0. The van der Waals surface area contributed by atoms with Gasteiger partial charge in [0.2, 0.25) is 0 Å². The number of rotatable bonds is 66. The van der Waals surface area contributed by atoms with Crippen LogP contribution in [0, 0.1) is 0 Å². The van der Waals surface area contributed by atoms with Crippen molar-refractivity contribution in [3.63, 3.8) is 0 Å². The second-order valence-electron chi connectivity index (χ2n) is 23.9. The minimum atomic E-state index is -0.775. The molecule has 0 aliphatic heterocycles. The summed E-state index contributed by atoms with van der Waals surface area (Å²) in [5, 5.41) is 9.71. The molecular formula is C76H136O5. The van der Waals surface area contributed by atoms with E-state index in [1.807, 2.05) is 0 Å². The molecule has 0 aromatic heterocycles. The van der Waals surface area contributed by atoms with Gasteiger partial charge in [0, 0.05) is 12.8 Å². The summed E-state index contributed by atoms with van der Waals surface area (Å²) in [6.07, 6.45) is 101. The molecule has 0 saturated heterocycles. The molecule has 0 bridgehead atoms. The van der Waals surface area contributed by atoms with E-state index in [1.54, 1.807) is 0 Å². The lowest BCUT2D eigenvalue weighted by molar-refractivity contribution is -0.161. The molecule has 0 aromatic carbocycles. The minimum Gasteiger partial charge on any atom is -0.462 e. The number of carbonyl (C=O) groups excluding carboxylic acids is 2. The molecule has 5 nitrogen and oxygen atoms in total. The first-order chi connectivity index (χ1) is 40.1. The molecule has 1 N–H and O–H groups in total. The Morgan fingerprint density at radius 3 is 0.802 bits per heavy atom. The number of hydrogen-bond acceptors (Lipinski definition) is 5. The third kappa shape index (κ3) is 69.5. The maximum absolute atomic E-state index is 12.4. The molecule has 0 amide bonds. The Labute approximate surface area is 505 Å². The first kappa shape index (κ1) is 78.1. The third-order valence-corrected chi connectivity index (χ3v) is 16.0. The molecule has 0 fully saturated rings. The van der Waals surface area contributed by atoms with Gasteiger partial charge < -0.3 is 14.6 Å². The van der Waals surface area contributed by atoms with E-state index in [9.17, 15) is 14.7 Å². The molecule has 81 heavy (non-hydrogen) atoms. The van der Waals surface area contributed by atoms with E-state index in [-0.39, 0.29) is 25.2 Å². The summed E-state index contributed by atoms with van der Waals surface area (Å²) < 4.78 is 10.8. The van der Waals surface area contributed by atoms with E-state index in [2.05, 4.69) is 98.9 Å². The molecule has 0 aliphatic carbocycles. The highest BCUT2D eigenvalue weighted by molar-refractivity contribution is 5.70. The van der Waals surface area contributed by atoms with Gasteiger partial charge in [0.25, 0.3) is 0 Å². The Bertz CT molecular complexity index is 1470. The summed E-state index contributed by atoms with van der Waals surface area (Å²) in [5.74, 6) is -0.573. The van der Waals surface area contributed by atoms with Gasteiger partial charge >= 0.3 is 11.9 Å². The van der Waals surface area contributed by atoms with Crippen molar-refractivity contribution in [1.29, 1.82) is 0 Å². The minimum absolute atomic E-state index is 0.0631. The molecule has 0 aromatic rings. The van der Waals surface area contributed by atoms with Crippen LogP contribution in [0.2, 0.25) is 0 Å². The van der Waals surface area contributed by atoms with Crippen LogP contribution in [0.1, 0.15) is 367 Å². The van der Waals surface area contributed by atoms with E-state index >= 15 is 0 Å². The Balaban J connectivity index is 3.44. The van der Waals surface area contributed by atoms with E-state index in [0.29, 0.717) is 12.8 Å². The van der Waals surface area contributed by atoms with Gasteiger partial charge in [-0.1, -0.05) is 369 Å². The van der Waals surface area contributed by atoms with E-state index in [1.165, 1.54) is 257 Å². The molecular weight excluding hydrogens is 993 g/mol. The molecule has 0 rings (SSSR count). The first-order valence-electron chi connectivity index (χ1n) is 35.6. The molecule has 0 aliphatic rings. The average Bonchev–Trinajstić information content (AvgIpc) is 3.47. The van der Waals surface area contributed by atoms with Gasteiger partial charge in [-0.05, 0) is 70.6 Å². The lowest BCUT2D eigenvalue weighted by Gasteiger charge is -2.15. The van der Waals surface area contributed by atoms with Crippen LogP contribution in [0.3, 0.4) is 0 Å². The zero-order valence-corrected chi connectivity index (χ0v) is 54.0. The lowest BCUT2D eigenvalue weighted by Crippen LogP contribution is -2.28. The fourth-order valence-corrected chi connectivity index (χ4v) is 10.7. The fraction of sp³-hybridized carbons (Fsp3) is 0.789. The molecule has 0 saturated carbocycles. The maximum Gasteiger partial charge on any atom is 0.306 e. The zero-order valence-electron chi connectivity index (χ0n) is 54.0. The highest BCUT2D eigenvalue weighted by atomic mass is 16.6. The topological polar surface area (TPSA) is 72.8 Å². The van der Waals surface area contributed by atoms with Crippen LogP contribution in [0.5, 0.6) is 0 Å². The number of allylic oxidation sites excluding steroid dienone is 14. The van der Waals surface area contributed by atoms with Crippen LogP contribution in [0.25, 0.3) is 0 Å². The molecule has 470 valence electrons. The first-order valence-corrected chi connectivity index (χ1v) is 35.6. The zero-order chi connectivity index (χ0) is 58.4. The molecule has 0 heterocycles. The lowest BCUT2D eigenvalue weighted by atomic mass is 10.0. The number of ether oxygens (including phenoxy) is 2. The van der Waals surface area contributed by atoms with Gasteiger partial charge in [-0.3, -0.25) is 9.59 Å².